The van der Waals surface area contributed by atoms with E-state index in [4.69, 9.17) is 0 Å². The highest BCUT2D eigenvalue weighted by molar-refractivity contribution is 5.19. The number of hydrogen-bond acceptors (Lipinski definition) is 2. The Morgan fingerprint density at radius 2 is 2.08 bits per heavy atom. The average molecular weight is 177 g/mol. The lowest BCUT2D eigenvalue weighted by molar-refractivity contribution is 0.144. The predicted octanol–water partition coefficient (Wildman–Crippen LogP) is 2.17. The number of ether oxygens (including phenoxy) is 1. The van der Waals surface area contributed by atoms with Crippen LogP contribution >= 0.6 is 0 Å². The molecule has 0 saturated heterocycles. The number of nitrogens with zero attached hydrogens (tertiary/aromatic N) is 1. The molecule has 0 amide bonds. The first-order valence-electron chi connectivity index (χ1n) is 3.13. The van der Waals surface area contributed by atoms with Crippen molar-refractivity contribution in [3.05, 3.63) is 23.6 Å². The first-order chi connectivity index (χ1) is 5.65. The van der Waals surface area contributed by atoms with Gasteiger partial charge in [-0.1, -0.05) is 0 Å². The molecule has 66 valence electrons. The SMILES string of the molecule is COc1ccc(C(F)F)c(F)n1. The van der Waals surface area contributed by atoms with E-state index in [0.29, 0.717) is 0 Å². The summed E-state index contributed by atoms with van der Waals surface area (Å²) in [5.74, 6) is -1.21. The van der Waals surface area contributed by atoms with Crippen molar-refractivity contribution in [1.29, 1.82) is 0 Å². The van der Waals surface area contributed by atoms with Gasteiger partial charge in [0.2, 0.25) is 11.8 Å². The Hall–Kier alpha value is -1.26. The molecule has 0 aromatic carbocycles. The van der Waals surface area contributed by atoms with Gasteiger partial charge in [-0.05, 0) is 6.07 Å². The molecule has 0 radical (unpaired) electrons. The van der Waals surface area contributed by atoms with E-state index in [1.54, 1.807) is 0 Å². The van der Waals surface area contributed by atoms with Crippen LogP contribution in [0.5, 0.6) is 5.88 Å². The third-order valence-corrected chi connectivity index (χ3v) is 1.30. The number of halogens is 3. The van der Waals surface area contributed by atoms with E-state index in [1.807, 2.05) is 0 Å². The van der Waals surface area contributed by atoms with Crippen LogP contribution in [-0.2, 0) is 0 Å². The normalized spacial score (nSPS) is 10.4. The Balaban J connectivity index is 3.03. The molecular weight excluding hydrogens is 171 g/mol. The molecule has 0 spiro atoms. The zero-order valence-corrected chi connectivity index (χ0v) is 6.22. The smallest absolute Gasteiger partial charge is 0.268 e. The molecule has 0 aliphatic rings. The quantitative estimate of drug-likeness (QED) is 0.646. The van der Waals surface area contributed by atoms with Gasteiger partial charge in [-0.2, -0.15) is 9.37 Å². The average Bonchev–Trinajstić information content (AvgIpc) is 2.03. The first-order valence-corrected chi connectivity index (χ1v) is 3.13. The van der Waals surface area contributed by atoms with Crippen molar-refractivity contribution in [3.8, 4) is 5.88 Å². The summed E-state index contributed by atoms with van der Waals surface area (Å²) in [7, 11) is 1.28. The Labute approximate surface area is 67.0 Å². The van der Waals surface area contributed by atoms with Crippen molar-refractivity contribution < 1.29 is 17.9 Å². The molecule has 1 heterocycles. The van der Waals surface area contributed by atoms with Gasteiger partial charge in [0.25, 0.3) is 6.43 Å². The molecule has 1 aromatic rings. The minimum absolute atomic E-state index is 0.0168. The fourth-order valence-electron chi connectivity index (χ4n) is 0.705. The molecule has 12 heavy (non-hydrogen) atoms. The number of alkyl halides is 2. The van der Waals surface area contributed by atoms with E-state index in [0.717, 1.165) is 6.07 Å². The molecular formula is C7H6F3NO. The van der Waals surface area contributed by atoms with Crippen molar-refractivity contribution in [3.63, 3.8) is 0 Å². The van der Waals surface area contributed by atoms with Crippen LogP contribution in [0.1, 0.15) is 12.0 Å². The molecule has 0 N–H and O–H groups in total. The van der Waals surface area contributed by atoms with Gasteiger partial charge >= 0.3 is 0 Å². The van der Waals surface area contributed by atoms with Crippen LogP contribution in [0.2, 0.25) is 0 Å². The van der Waals surface area contributed by atoms with E-state index in [2.05, 4.69) is 9.72 Å². The lowest BCUT2D eigenvalue weighted by Gasteiger charge is -2.02. The Bertz CT molecular complexity index is 277. The van der Waals surface area contributed by atoms with Crippen LogP contribution in [0.3, 0.4) is 0 Å². The molecule has 0 bridgehead atoms. The van der Waals surface area contributed by atoms with Crippen molar-refractivity contribution in [2.45, 2.75) is 6.43 Å². The molecule has 0 atom stereocenters. The summed E-state index contributed by atoms with van der Waals surface area (Å²) in [5, 5.41) is 0. The van der Waals surface area contributed by atoms with Crippen LogP contribution in [0.4, 0.5) is 13.2 Å². The Morgan fingerprint density at radius 1 is 1.42 bits per heavy atom. The van der Waals surface area contributed by atoms with Crippen LogP contribution in [-0.4, -0.2) is 12.1 Å². The molecule has 1 rings (SSSR count). The summed E-state index contributed by atoms with van der Waals surface area (Å²) in [4.78, 5) is 3.14. The van der Waals surface area contributed by atoms with Gasteiger partial charge in [0.15, 0.2) is 0 Å². The fourth-order valence-corrected chi connectivity index (χ4v) is 0.705. The topological polar surface area (TPSA) is 22.1 Å². The van der Waals surface area contributed by atoms with E-state index >= 15 is 0 Å². The standard InChI is InChI=1S/C7H6F3NO/c1-12-5-3-2-4(6(8)9)7(10)11-5/h2-3,6H,1H3. The molecule has 1 aromatic heterocycles. The first kappa shape index (κ1) is 8.83. The highest BCUT2D eigenvalue weighted by Gasteiger charge is 2.14. The van der Waals surface area contributed by atoms with Crippen LogP contribution in [0, 0.1) is 5.95 Å². The molecule has 5 heteroatoms. The van der Waals surface area contributed by atoms with E-state index in [1.165, 1.54) is 13.2 Å². The number of hydrogen-bond donors (Lipinski definition) is 0. The summed E-state index contributed by atoms with van der Waals surface area (Å²) < 4.78 is 41.0. The third kappa shape index (κ3) is 1.66. The Morgan fingerprint density at radius 3 is 2.50 bits per heavy atom. The molecule has 0 aliphatic carbocycles. The lowest BCUT2D eigenvalue weighted by atomic mass is 10.3. The van der Waals surface area contributed by atoms with E-state index < -0.39 is 17.9 Å². The largest absolute Gasteiger partial charge is 0.481 e. The van der Waals surface area contributed by atoms with Gasteiger partial charge in [0, 0.05) is 6.07 Å². The second kappa shape index (κ2) is 3.42. The van der Waals surface area contributed by atoms with Crippen molar-refractivity contribution in [2.24, 2.45) is 0 Å². The van der Waals surface area contributed by atoms with Gasteiger partial charge in [0.1, 0.15) is 0 Å². The highest BCUT2D eigenvalue weighted by atomic mass is 19.3. The maximum Gasteiger partial charge on any atom is 0.268 e. The summed E-state index contributed by atoms with van der Waals surface area (Å²) in [6.45, 7) is 0. The minimum Gasteiger partial charge on any atom is -0.481 e. The van der Waals surface area contributed by atoms with Gasteiger partial charge in [-0.25, -0.2) is 8.78 Å². The summed E-state index contributed by atoms with van der Waals surface area (Å²) in [5.41, 5.74) is -0.712. The van der Waals surface area contributed by atoms with Gasteiger partial charge < -0.3 is 4.74 Å². The summed E-state index contributed by atoms with van der Waals surface area (Å²) in [6.07, 6.45) is -2.84. The number of aromatic nitrogens is 1. The lowest BCUT2D eigenvalue weighted by Crippen LogP contribution is -1.96. The summed E-state index contributed by atoms with van der Waals surface area (Å²) in [6, 6.07) is 2.14. The van der Waals surface area contributed by atoms with Crippen LogP contribution in [0.15, 0.2) is 12.1 Å². The monoisotopic (exact) mass is 177 g/mol. The number of methoxy groups -OCH3 is 1. The molecule has 0 aliphatic heterocycles. The van der Waals surface area contributed by atoms with Crippen molar-refractivity contribution in [2.75, 3.05) is 7.11 Å². The number of rotatable bonds is 2. The maximum absolute atomic E-state index is 12.6. The van der Waals surface area contributed by atoms with E-state index in [9.17, 15) is 13.2 Å². The van der Waals surface area contributed by atoms with Crippen molar-refractivity contribution in [1.82, 2.24) is 4.98 Å². The van der Waals surface area contributed by atoms with Crippen LogP contribution < -0.4 is 4.74 Å². The second-order valence-electron chi connectivity index (χ2n) is 2.03. The van der Waals surface area contributed by atoms with Gasteiger partial charge in [-0.3, -0.25) is 0 Å². The zero-order valence-electron chi connectivity index (χ0n) is 6.22. The molecule has 0 unspecified atom stereocenters. The minimum atomic E-state index is -2.84. The summed E-state index contributed by atoms with van der Waals surface area (Å²) >= 11 is 0. The van der Waals surface area contributed by atoms with Crippen molar-refractivity contribution >= 4 is 0 Å². The zero-order chi connectivity index (χ0) is 9.14. The highest BCUT2D eigenvalue weighted by Crippen LogP contribution is 2.22. The van der Waals surface area contributed by atoms with Gasteiger partial charge in [-0.15, -0.1) is 0 Å². The predicted molar refractivity (Wildman–Crippen MR) is 35.7 cm³/mol. The third-order valence-electron chi connectivity index (χ3n) is 1.30. The molecule has 2 nitrogen and oxygen atoms in total. The van der Waals surface area contributed by atoms with Crippen LogP contribution in [0.25, 0.3) is 0 Å². The second-order valence-corrected chi connectivity index (χ2v) is 2.03. The van der Waals surface area contributed by atoms with E-state index in [-0.39, 0.29) is 5.88 Å². The number of pyridine rings is 1. The maximum atomic E-state index is 12.6. The molecule has 0 saturated carbocycles. The van der Waals surface area contributed by atoms with Gasteiger partial charge in [0.05, 0.1) is 12.7 Å². The molecule has 0 fully saturated rings. The fraction of sp³-hybridized carbons (Fsp3) is 0.286. The Kier molecular flexibility index (Phi) is 2.52.